The van der Waals surface area contributed by atoms with E-state index in [1.165, 1.54) is 105 Å². The molecule has 0 unspecified atom stereocenters. The Bertz CT molecular complexity index is 3010. The minimum Gasteiger partial charge on any atom is -0.309 e. The Morgan fingerprint density at radius 1 is 0.418 bits per heavy atom. The zero-order valence-corrected chi connectivity index (χ0v) is 31.7. The van der Waals surface area contributed by atoms with Crippen LogP contribution in [-0.2, 0) is 10.8 Å². The smallest absolute Gasteiger partial charge is 0.0541 e. The molecule has 11 rings (SSSR count). The van der Waals surface area contributed by atoms with Crippen LogP contribution in [0.5, 0.6) is 0 Å². The van der Waals surface area contributed by atoms with E-state index in [-0.39, 0.29) is 10.8 Å². The van der Waals surface area contributed by atoms with E-state index in [2.05, 4.69) is 208 Å². The summed E-state index contributed by atoms with van der Waals surface area (Å²) in [5, 5.41) is 7.66. The van der Waals surface area contributed by atoms with Crippen LogP contribution in [0.15, 0.2) is 164 Å². The molecule has 1 heterocycles. The fraction of sp³-hybridized carbons (Fsp3) is 0.111. The molecule has 1 nitrogen and oxygen atoms in total. The minimum absolute atomic E-state index is 0.0330. The van der Waals surface area contributed by atoms with Crippen molar-refractivity contribution in [2.75, 3.05) is 0 Å². The summed E-state index contributed by atoms with van der Waals surface area (Å²) in [7, 11) is 0. The van der Waals surface area contributed by atoms with Crippen LogP contribution in [0.1, 0.15) is 61.1 Å². The summed E-state index contributed by atoms with van der Waals surface area (Å²) in [5.41, 5.74) is 17.2. The molecule has 2 aliphatic rings. The van der Waals surface area contributed by atoms with E-state index in [0.29, 0.717) is 0 Å². The van der Waals surface area contributed by atoms with Gasteiger partial charge < -0.3 is 4.57 Å². The van der Waals surface area contributed by atoms with Crippen LogP contribution in [0.3, 0.4) is 0 Å². The van der Waals surface area contributed by atoms with Crippen LogP contribution in [-0.4, -0.2) is 4.57 Å². The number of para-hydroxylation sites is 2. The maximum Gasteiger partial charge on any atom is 0.0541 e. The molecule has 0 radical (unpaired) electrons. The van der Waals surface area contributed by atoms with Crippen molar-refractivity contribution in [3.8, 4) is 16.8 Å². The number of nitrogens with zero attached hydrogens (tertiary/aromatic N) is 1. The Kier molecular flexibility index (Phi) is 6.72. The van der Waals surface area contributed by atoms with Crippen molar-refractivity contribution < 1.29 is 0 Å². The SMILES string of the molecule is CC1(C)C2=C(c3ccccc31)C(C)(C)c1cc(-c3c4ccccc4c(/C=C/c4ccc(-n5c6ccccc6c6ccccc65)cc4)c4ccccc34)ccc12. The molecule has 1 aromatic heterocycles. The first kappa shape index (κ1) is 32.0. The molecule has 262 valence electrons. The molecule has 2 aliphatic carbocycles. The van der Waals surface area contributed by atoms with E-state index in [0.717, 1.165) is 0 Å². The summed E-state index contributed by atoms with van der Waals surface area (Å²) < 4.78 is 2.38. The van der Waals surface area contributed by atoms with Gasteiger partial charge in [0, 0.05) is 27.3 Å². The first-order valence-corrected chi connectivity index (χ1v) is 19.5. The molecule has 8 aromatic carbocycles. The lowest BCUT2D eigenvalue weighted by Crippen LogP contribution is -2.19. The lowest BCUT2D eigenvalue weighted by molar-refractivity contribution is 0.694. The van der Waals surface area contributed by atoms with Gasteiger partial charge in [-0.2, -0.15) is 0 Å². The van der Waals surface area contributed by atoms with Crippen molar-refractivity contribution in [2.45, 2.75) is 38.5 Å². The van der Waals surface area contributed by atoms with Gasteiger partial charge >= 0.3 is 0 Å². The molecular weight excluding hydrogens is 663 g/mol. The third-order valence-corrected chi connectivity index (χ3v) is 12.8. The van der Waals surface area contributed by atoms with Gasteiger partial charge in [0.05, 0.1) is 11.0 Å². The summed E-state index contributed by atoms with van der Waals surface area (Å²) in [6.45, 7) is 9.66. The first-order chi connectivity index (χ1) is 26.8. The third kappa shape index (κ3) is 4.47. The largest absolute Gasteiger partial charge is 0.309 e. The Hall–Kier alpha value is -6.44. The number of fused-ring (bicyclic) bond motifs is 9. The average molecular weight is 704 g/mol. The number of hydrogen-bond donors (Lipinski definition) is 0. The highest BCUT2D eigenvalue weighted by Gasteiger charge is 2.49. The van der Waals surface area contributed by atoms with Gasteiger partial charge in [-0.05, 0) is 108 Å². The van der Waals surface area contributed by atoms with Gasteiger partial charge in [0.25, 0.3) is 0 Å². The molecule has 0 fully saturated rings. The quantitative estimate of drug-likeness (QED) is 0.127. The lowest BCUT2D eigenvalue weighted by Gasteiger charge is -2.28. The highest BCUT2D eigenvalue weighted by Crippen LogP contribution is 2.62. The molecule has 0 spiro atoms. The molecule has 0 atom stereocenters. The van der Waals surface area contributed by atoms with E-state index in [4.69, 9.17) is 0 Å². The maximum absolute atomic E-state index is 2.51. The van der Waals surface area contributed by atoms with E-state index in [1.54, 1.807) is 0 Å². The normalized spacial score (nSPS) is 15.4. The zero-order chi connectivity index (χ0) is 37.1. The Morgan fingerprint density at radius 2 is 0.909 bits per heavy atom. The highest BCUT2D eigenvalue weighted by atomic mass is 15.0. The van der Waals surface area contributed by atoms with Crippen molar-refractivity contribution in [2.24, 2.45) is 0 Å². The van der Waals surface area contributed by atoms with E-state index in [1.807, 2.05) is 0 Å². The standard InChI is InChI=1S/C54H41N/c1-53(2)46-22-12-9-21-44(46)51-52(53)45-32-28-35(33-47(45)54(51,3)4)50-42-19-7-5-15-37(42)39(38-16-6-8-20-43(38)50)31-27-34-25-29-36(30-26-34)55-48-23-13-10-17-40(48)41-18-11-14-24-49(41)55/h5-33H,1-4H3/b31-27+. The molecule has 55 heavy (non-hydrogen) atoms. The number of aromatic nitrogens is 1. The fourth-order valence-electron chi connectivity index (χ4n) is 10.3. The fourth-order valence-corrected chi connectivity index (χ4v) is 10.3. The van der Waals surface area contributed by atoms with Crippen molar-refractivity contribution in [1.82, 2.24) is 4.57 Å². The van der Waals surface area contributed by atoms with Crippen molar-refractivity contribution >= 4 is 66.6 Å². The van der Waals surface area contributed by atoms with Crippen molar-refractivity contribution in [3.63, 3.8) is 0 Å². The van der Waals surface area contributed by atoms with E-state index < -0.39 is 0 Å². The van der Waals surface area contributed by atoms with E-state index >= 15 is 0 Å². The molecule has 0 saturated carbocycles. The third-order valence-electron chi connectivity index (χ3n) is 12.8. The van der Waals surface area contributed by atoms with Gasteiger partial charge in [0.15, 0.2) is 0 Å². The number of hydrogen-bond acceptors (Lipinski definition) is 0. The molecule has 0 saturated heterocycles. The summed E-state index contributed by atoms with van der Waals surface area (Å²) in [4.78, 5) is 0. The topological polar surface area (TPSA) is 4.93 Å². The van der Waals surface area contributed by atoms with Crippen LogP contribution < -0.4 is 0 Å². The van der Waals surface area contributed by atoms with Gasteiger partial charge in [0.1, 0.15) is 0 Å². The van der Waals surface area contributed by atoms with Gasteiger partial charge in [-0.3, -0.25) is 0 Å². The second-order valence-electron chi connectivity index (χ2n) is 16.5. The van der Waals surface area contributed by atoms with Gasteiger partial charge in [-0.15, -0.1) is 0 Å². The molecule has 0 bridgehead atoms. The molecule has 0 aliphatic heterocycles. The minimum atomic E-state index is -0.101. The molecule has 9 aromatic rings. The van der Waals surface area contributed by atoms with Crippen LogP contribution in [0, 0.1) is 0 Å². The van der Waals surface area contributed by atoms with Gasteiger partial charge in [-0.25, -0.2) is 0 Å². The van der Waals surface area contributed by atoms with Crippen LogP contribution in [0.4, 0.5) is 0 Å². The summed E-state index contributed by atoms with van der Waals surface area (Å²) >= 11 is 0. The number of rotatable bonds is 4. The van der Waals surface area contributed by atoms with Crippen LogP contribution in [0.2, 0.25) is 0 Å². The second kappa shape index (κ2) is 11.5. The predicted molar refractivity (Wildman–Crippen MR) is 236 cm³/mol. The molecule has 0 N–H and O–H groups in total. The highest BCUT2D eigenvalue weighted by molar-refractivity contribution is 6.19. The van der Waals surface area contributed by atoms with Crippen LogP contribution in [0.25, 0.3) is 83.5 Å². The van der Waals surface area contributed by atoms with Crippen LogP contribution >= 0.6 is 0 Å². The summed E-state index contributed by atoms with van der Waals surface area (Å²) in [5.74, 6) is 0. The number of benzene rings is 8. The maximum atomic E-state index is 2.51. The van der Waals surface area contributed by atoms with E-state index in [9.17, 15) is 0 Å². The van der Waals surface area contributed by atoms with Crippen molar-refractivity contribution in [1.29, 1.82) is 0 Å². The number of allylic oxidation sites excluding steroid dienone is 2. The predicted octanol–water partition coefficient (Wildman–Crippen LogP) is 14.4. The molecule has 1 heteroatoms. The van der Waals surface area contributed by atoms with Gasteiger partial charge in [-0.1, -0.05) is 173 Å². The second-order valence-corrected chi connectivity index (χ2v) is 16.5. The molecule has 0 amide bonds. The molecular formula is C54H41N. The average Bonchev–Trinajstić information content (AvgIpc) is 3.78. The van der Waals surface area contributed by atoms with Crippen molar-refractivity contribution in [3.05, 3.63) is 197 Å². The Morgan fingerprint density at radius 3 is 1.53 bits per heavy atom. The Balaban J connectivity index is 1.02. The summed E-state index contributed by atoms with van der Waals surface area (Å²) in [6.07, 6.45) is 4.60. The monoisotopic (exact) mass is 703 g/mol. The zero-order valence-electron chi connectivity index (χ0n) is 31.7. The Labute approximate surface area is 322 Å². The first-order valence-electron chi connectivity index (χ1n) is 19.5. The lowest BCUT2D eigenvalue weighted by atomic mass is 9.75. The summed E-state index contributed by atoms with van der Waals surface area (Å²) in [6, 6.07) is 60.7. The van der Waals surface area contributed by atoms with Gasteiger partial charge in [0.2, 0.25) is 0 Å².